The fourth-order valence-corrected chi connectivity index (χ4v) is 1.74. The number of nitrogens with one attached hydrogen (secondary N) is 1. The molecule has 0 saturated heterocycles. The van der Waals surface area contributed by atoms with E-state index in [1.165, 1.54) is 0 Å². The van der Waals surface area contributed by atoms with E-state index < -0.39 is 6.29 Å². The number of hydrogen-bond donors (Lipinski definition) is 2. The molecule has 2 heterocycles. The van der Waals surface area contributed by atoms with Crippen molar-refractivity contribution >= 4 is 0 Å². The van der Waals surface area contributed by atoms with E-state index in [0.717, 1.165) is 0 Å². The van der Waals surface area contributed by atoms with Gasteiger partial charge in [-0.15, -0.1) is 10.2 Å². The molecule has 0 aromatic carbocycles. The van der Waals surface area contributed by atoms with Crippen molar-refractivity contribution in [2.45, 2.75) is 39.5 Å². The Bertz CT molecular complexity index is 571. The van der Waals surface area contributed by atoms with Crippen LogP contribution in [0.15, 0.2) is 22.7 Å². The topological polar surface area (TPSA) is 93.3 Å². The second-order valence-electron chi connectivity index (χ2n) is 4.95. The van der Waals surface area contributed by atoms with Gasteiger partial charge in [0.1, 0.15) is 5.56 Å². The number of ether oxygens (including phenoxy) is 1. The van der Waals surface area contributed by atoms with Crippen LogP contribution < -0.4 is 10.1 Å². The smallest absolute Gasteiger partial charge is 0.253 e. The maximum Gasteiger partial charge on any atom is 0.253 e. The van der Waals surface area contributed by atoms with E-state index >= 15 is 0 Å². The molecule has 0 aliphatic heterocycles. The Balaban J connectivity index is 2.03. The quantitative estimate of drug-likeness (QED) is 0.747. The van der Waals surface area contributed by atoms with Gasteiger partial charge in [0.15, 0.2) is 6.29 Å². The lowest BCUT2D eigenvalue weighted by Gasteiger charge is -2.15. The van der Waals surface area contributed by atoms with Crippen molar-refractivity contribution in [3.8, 4) is 17.3 Å². The molecular weight excluding hydrogens is 272 g/mol. The first-order valence-corrected chi connectivity index (χ1v) is 6.90. The van der Waals surface area contributed by atoms with Gasteiger partial charge in [-0.3, -0.25) is 0 Å². The maximum atomic E-state index is 9.92. The maximum absolute atomic E-state index is 9.92. The molecule has 114 valence electrons. The molecule has 1 unspecified atom stereocenters. The fraction of sp³-hybridized carbons (Fsp3) is 0.500. The highest BCUT2D eigenvalue weighted by molar-refractivity contribution is 5.59. The third-order valence-corrected chi connectivity index (χ3v) is 2.72. The molecule has 0 radical (unpaired) electrons. The summed E-state index contributed by atoms with van der Waals surface area (Å²) >= 11 is 0. The van der Waals surface area contributed by atoms with Crippen LogP contribution in [-0.4, -0.2) is 39.2 Å². The van der Waals surface area contributed by atoms with Gasteiger partial charge in [-0.1, -0.05) is 13.8 Å². The average molecular weight is 292 g/mol. The van der Waals surface area contributed by atoms with Crippen LogP contribution in [0.4, 0.5) is 0 Å². The number of aromatic nitrogens is 3. The zero-order chi connectivity index (χ0) is 15.2. The molecule has 2 aromatic heterocycles. The van der Waals surface area contributed by atoms with Gasteiger partial charge in [0.25, 0.3) is 5.89 Å². The monoisotopic (exact) mass is 292 g/mol. The van der Waals surface area contributed by atoms with Crippen molar-refractivity contribution in [1.29, 1.82) is 0 Å². The number of rotatable bonds is 7. The van der Waals surface area contributed by atoms with Gasteiger partial charge >= 0.3 is 0 Å². The van der Waals surface area contributed by atoms with Crippen molar-refractivity contribution in [3.05, 3.63) is 24.2 Å². The molecule has 0 spiro atoms. The predicted molar refractivity (Wildman–Crippen MR) is 76.7 cm³/mol. The van der Waals surface area contributed by atoms with E-state index in [4.69, 9.17) is 9.15 Å². The number of nitrogens with zero attached hydrogens (tertiary/aromatic N) is 3. The number of pyridine rings is 1. The molecule has 0 aliphatic carbocycles. The summed E-state index contributed by atoms with van der Waals surface area (Å²) in [6, 6.07) is 3.87. The van der Waals surface area contributed by atoms with Crippen LogP contribution in [0.1, 0.15) is 26.2 Å². The Morgan fingerprint density at radius 1 is 1.38 bits per heavy atom. The lowest BCUT2D eigenvalue weighted by atomic mass is 10.2. The van der Waals surface area contributed by atoms with Crippen LogP contribution in [0.3, 0.4) is 0 Å². The molecule has 7 nitrogen and oxygen atoms in total. The molecule has 0 amide bonds. The van der Waals surface area contributed by atoms with Crippen LogP contribution in [0.5, 0.6) is 5.88 Å². The number of aryl methyl sites for hydroxylation is 1. The predicted octanol–water partition coefficient (Wildman–Crippen LogP) is 1.53. The molecule has 21 heavy (non-hydrogen) atoms. The van der Waals surface area contributed by atoms with Crippen molar-refractivity contribution in [1.82, 2.24) is 20.5 Å². The standard InChI is InChI=1S/C14H20N4O3/c1-9(2)15-8-6-12(19)21-13-11(5-4-7-16-13)14-18-17-10(3)20-14/h4-5,7,9,12,15,19H,6,8H2,1-3H3. The number of aliphatic hydroxyl groups excluding tert-OH is 1. The van der Waals surface area contributed by atoms with Crippen LogP contribution in [-0.2, 0) is 0 Å². The van der Waals surface area contributed by atoms with Crippen LogP contribution in [0, 0.1) is 6.92 Å². The van der Waals surface area contributed by atoms with Crippen LogP contribution >= 0.6 is 0 Å². The Morgan fingerprint density at radius 3 is 2.86 bits per heavy atom. The molecule has 0 saturated carbocycles. The van der Waals surface area contributed by atoms with Crippen molar-refractivity contribution in [2.75, 3.05) is 6.54 Å². The highest BCUT2D eigenvalue weighted by atomic mass is 16.6. The summed E-state index contributed by atoms with van der Waals surface area (Å²) in [5.74, 6) is 1.06. The highest BCUT2D eigenvalue weighted by Crippen LogP contribution is 2.27. The van der Waals surface area contributed by atoms with Gasteiger partial charge in [0.05, 0.1) is 0 Å². The largest absolute Gasteiger partial charge is 0.447 e. The normalized spacial score (nSPS) is 12.6. The third-order valence-electron chi connectivity index (χ3n) is 2.72. The van der Waals surface area contributed by atoms with Crippen LogP contribution in [0.2, 0.25) is 0 Å². The number of hydrogen-bond acceptors (Lipinski definition) is 7. The van der Waals surface area contributed by atoms with Gasteiger partial charge in [0.2, 0.25) is 11.8 Å². The lowest BCUT2D eigenvalue weighted by Crippen LogP contribution is -2.28. The minimum atomic E-state index is -0.950. The summed E-state index contributed by atoms with van der Waals surface area (Å²) in [5, 5.41) is 20.9. The SMILES string of the molecule is Cc1nnc(-c2cccnc2OC(O)CCNC(C)C)o1. The molecule has 2 aromatic rings. The Labute approximate surface area is 123 Å². The van der Waals surface area contributed by atoms with E-state index in [9.17, 15) is 5.11 Å². The van der Waals surface area contributed by atoms with E-state index in [1.807, 2.05) is 13.8 Å². The van der Waals surface area contributed by atoms with Crippen molar-refractivity contribution in [2.24, 2.45) is 0 Å². The molecule has 2 rings (SSSR count). The zero-order valence-corrected chi connectivity index (χ0v) is 12.4. The zero-order valence-electron chi connectivity index (χ0n) is 12.4. The van der Waals surface area contributed by atoms with Crippen molar-refractivity contribution in [3.63, 3.8) is 0 Å². The van der Waals surface area contributed by atoms with Gasteiger partial charge in [0, 0.05) is 32.1 Å². The Kier molecular flexibility index (Phi) is 5.24. The minimum Gasteiger partial charge on any atom is -0.447 e. The van der Waals surface area contributed by atoms with E-state index in [-0.39, 0.29) is 5.88 Å². The number of aliphatic hydroxyl groups is 1. The highest BCUT2D eigenvalue weighted by Gasteiger charge is 2.16. The molecule has 0 aliphatic rings. The summed E-state index contributed by atoms with van der Waals surface area (Å²) < 4.78 is 10.8. The van der Waals surface area contributed by atoms with Gasteiger partial charge in [-0.05, 0) is 12.1 Å². The first-order chi connectivity index (χ1) is 10.1. The third kappa shape index (κ3) is 4.51. The molecular formula is C14H20N4O3. The summed E-state index contributed by atoms with van der Waals surface area (Å²) in [5.41, 5.74) is 0.564. The summed E-state index contributed by atoms with van der Waals surface area (Å²) in [6.07, 6.45) is 1.09. The Morgan fingerprint density at radius 2 is 2.19 bits per heavy atom. The van der Waals surface area contributed by atoms with Gasteiger partial charge in [-0.25, -0.2) is 4.98 Å². The van der Waals surface area contributed by atoms with E-state index in [0.29, 0.717) is 36.4 Å². The fourth-order valence-electron chi connectivity index (χ4n) is 1.74. The molecule has 0 fully saturated rings. The van der Waals surface area contributed by atoms with Gasteiger partial charge in [-0.2, -0.15) is 0 Å². The summed E-state index contributed by atoms with van der Waals surface area (Å²) in [6.45, 7) is 6.45. The van der Waals surface area contributed by atoms with E-state index in [1.54, 1.807) is 25.3 Å². The second kappa shape index (κ2) is 7.14. The van der Waals surface area contributed by atoms with Gasteiger partial charge < -0.3 is 19.6 Å². The lowest BCUT2D eigenvalue weighted by molar-refractivity contribution is -0.0253. The second-order valence-corrected chi connectivity index (χ2v) is 4.95. The Hall–Kier alpha value is -1.99. The summed E-state index contributed by atoms with van der Waals surface area (Å²) in [7, 11) is 0. The summed E-state index contributed by atoms with van der Waals surface area (Å²) in [4.78, 5) is 4.12. The molecule has 2 N–H and O–H groups in total. The molecule has 0 bridgehead atoms. The molecule has 7 heteroatoms. The van der Waals surface area contributed by atoms with Crippen molar-refractivity contribution < 1.29 is 14.3 Å². The minimum absolute atomic E-state index is 0.276. The molecule has 1 atom stereocenters. The first kappa shape index (κ1) is 15.4. The average Bonchev–Trinajstić information content (AvgIpc) is 2.85. The first-order valence-electron chi connectivity index (χ1n) is 6.90. The van der Waals surface area contributed by atoms with Crippen LogP contribution in [0.25, 0.3) is 11.5 Å². The van der Waals surface area contributed by atoms with E-state index in [2.05, 4.69) is 20.5 Å².